The van der Waals surface area contributed by atoms with Crippen LogP contribution in [-0.4, -0.2) is 16.9 Å². The van der Waals surface area contributed by atoms with Gasteiger partial charge >= 0.3 is 0 Å². The van der Waals surface area contributed by atoms with Crippen LogP contribution in [0, 0.1) is 5.92 Å². The van der Waals surface area contributed by atoms with Crippen molar-refractivity contribution in [2.75, 3.05) is 6.61 Å². The molecular formula is C7H13NOS. The molecule has 0 spiro atoms. The molecule has 1 atom stereocenters. The topological polar surface area (TPSA) is 21.6 Å². The number of oxime groups is 1. The molecule has 0 aromatic carbocycles. The molecule has 0 bridgehead atoms. The number of hydrogen-bond acceptors (Lipinski definition) is 3. The third-order valence-electron chi connectivity index (χ3n) is 1.50. The second-order valence-electron chi connectivity index (χ2n) is 2.81. The van der Waals surface area contributed by atoms with Crippen LogP contribution >= 0.6 is 11.8 Å². The molecule has 1 aliphatic rings. The maximum atomic E-state index is 5.02. The van der Waals surface area contributed by atoms with Gasteiger partial charge < -0.3 is 4.84 Å². The minimum absolute atomic E-state index is 0.595. The summed E-state index contributed by atoms with van der Waals surface area (Å²) in [5, 5.41) is 5.48. The lowest BCUT2D eigenvalue weighted by Crippen LogP contribution is -2.22. The molecule has 1 aliphatic heterocycles. The fourth-order valence-electron chi connectivity index (χ4n) is 0.805. The standard InChI is InChI=1S/C7H13NOS/c1-5(2)7-4-9-8-6(3)10-7/h5,7H,4H2,1-3H3. The Morgan fingerprint density at radius 2 is 2.40 bits per heavy atom. The fourth-order valence-corrected chi connectivity index (χ4v) is 1.74. The second-order valence-corrected chi connectivity index (χ2v) is 4.24. The molecular weight excluding hydrogens is 146 g/mol. The predicted octanol–water partition coefficient (Wildman–Crippen LogP) is 2.11. The van der Waals surface area contributed by atoms with Crippen LogP contribution in [0.15, 0.2) is 5.16 Å². The highest BCUT2D eigenvalue weighted by molar-refractivity contribution is 8.14. The summed E-state index contributed by atoms with van der Waals surface area (Å²) in [6, 6.07) is 0. The Balaban J connectivity index is 2.45. The molecule has 0 fully saturated rings. The van der Waals surface area contributed by atoms with Crippen molar-refractivity contribution < 1.29 is 4.84 Å². The zero-order valence-corrected chi connectivity index (χ0v) is 7.44. The highest BCUT2D eigenvalue weighted by Gasteiger charge is 2.19. The van der Waals surface area contributed by atoms with Gasteiger partial charge in [0.15, 0.2) is 0 Å². The highest BCUT2D eigenvalue weighted by atomic mass is 32.2. The van der Waals surface area contributed by atoms with E-state index in [1.165, 1.54) is 0 Å². The largest absolute Gasteiger partial charge is 0.394 e. The summed E-state index contributed by atoms with van der Waals surface area (Å²) < 4.78 is 0. The molecule has 2 nitrogen and oxygen atoms in total. The van der Waals surface area contributed by atoms with Gasteiger partial charge in [0.1, 0.15) is 11.7 Å². The summed E-state index contributed by atoms with van der Waals surface area (Å²) in [7, 11) is 0. The van der Waals surface area contributed by atoms with E-state index in [4.69, 9.17) is 4.84 Å². The van der Waals surface area contributed by atoms with Crippen molar-refractivity contribution in [2.24, 2.45) is 11.1 Å². The summed E-state index contributed by atoms with van der Waals surface area (Å²) >= 11 is 1.82. The number of rotatable bonds is 1. The van der Waals surface area contributed by atoms with E-state index in [0.29, 0.717) is 11.2 Å². The molecule has 0 radical (unpaired) electrons. The van der Waals surface area contributed by atoms with Crippen molar-refractivity contribution in [3.05, 3.63) is 0 Å². The first-order valence-corrected chi connectivity index (χ1v) is 4.41. The molecule has 0 aromatic rings. The van der Waals surface area contributed by atoms with Gasteiger partial charge in [-0.2, -0.15) is 0 Å². The smallest absolute Gasteiger partial charge is 0.129 e. The van der Waals surface area contributed by atoms with E-state index in [0.717, 1.165) is 11.7 Å². The molecule has 0 aliphatic carbocycles. The van der Waals surface area contributed by atoms with Crippen molar-refractivity contribution in [1.29, 1.82) is 0 Å². The quantitative estimate of drug-likeness (QED) is 0.584. The molecule has 1 unspecified atom stereocenters. The summed E-state index contributed by atoms with van der Waals surface area (Å²) in [5.41, 5.74) is 0. The summed E-state index contributed by atoms with van der Waals surface area (Å²) in [5.74, 6) is 0.676. The first-order valence-electron chi connectivity index (χ1n) is 3.53. The van der Waals surface area contributed by atoms with Crippen molar-refractivity contribution in [2.45, 2.75) is 26.0 Å². The van der Waals surface area contributed by atoms with E-state index in [2.05, 4.69) is 19.0 Å². The van der Waals surface area contributed by atoms with Crippen LogP contribution in [0.4, 0.5) is 0 Å². The van der Waals surface area contributed by atoms with Crippen LogP contribution in [0.1, 0.15) is 20.8 Å². The fraction of sp³-hybridized carbons (Fsp3) is 0.857. The SMILES string of the molecule is CC1=NOCC(C(C)C)S1. The average Bonchev–Trinajstić information content (AvgIpc) is 1.88. The Bertz CT molecular complexity index is 145. The number of hydrogen-bond donors (Lipinski definition) is 0. The number of thioether (sulfide) groups is 1. The van der Waals surface area contributed by atoms with Crippen molar-refractivity contribution in [1.82, 2.24) is 0 Å². The van der Waals surface area contributed by atoms with Crippen LogP contribution in [0.2, 0.25) is 0 Å². The number of nitrogens with zero attached hydrogens (tertiary/aromatic N) is 1. The molecule has 10 heavy (non-hydrogen) atoms. The van der Waals surface area contributed by atoms with Gasteiger partial charge in [-0.3, -0.25) is 0 Å². The van der Waals surface area contributed by atoms with Gasteiger partial charge in [0.05, 0.1) is 0 Å². The summed E-state index contributed by atoms with van der Waals surface area (Å²) in [4.78, 5) is 5.02. The average molecular weight is 159 g/mol. The van der Waals surface area contributed by atoms with Crippen molar-refractivity contribution in [3.63, 3.8) is 0 Å². The Labute approximate surface area is 66.0 Å². The molecule has 0 N–H and O–H groups in total. The van der Waals surface area contributed by atoms with E-state index >= 15 is 0 Å². The van der Waals surface area contributed by atoms with Gasteiger partial charge in [0.25, 0.3) is 0 Å². The summed E-state index contributed by atoms with van der Waals surface area (Å²) in [6.07, 6.45) is 0. The monoisotopic (exact) mass is 159 g/mol. The lowest BCUT2D eigenvalue weighted by Gasteiger charge is -2.21. The normalized spacial score (nSPS) is 26.0. The highest BCUT2D eigenvalue weighted by Crippen LogP contribution is 2.24. The van der Waals surface area contributed by atoms with Gasteiger partial charge in [-0.15, -0.1) is 11.8 Å². The van der Waals surface area contributed by atoms with E-state index < -0.39 is 0 Å². The zero-order valence-electron chi connectivity index (χ0n) is 6.63. The molecule has 0 saturated heterocycles. The van der Waals surface area contributed by atoms with Crippen LogP contribution in [0.5, 0.6) is 0 Å². The Kier molecular flexibility index (Phi) is 2.60. The van der Waals surface area contributed by atoms with Crippen LogP contribution in [-0.2, 0) is 4.84 Å². The molecule has 0 amide bonds. The minimum atomic E-state index is 0.595. The van der Waals surface area contributed by atoms with Gasteiger partial charge in [-0.05, 0) is 12.8 Å². The zero-order chi connectivity index (χ0) is 7.56. The molecule has 58 valence electrons. The lowest BCUT2D eigenvalue weighted by molar-refractivity contribution is 0.134. The van der Waals surface area contributed by atoms with Gasteiger partial charge in [0, 0.05) is 5.25 Å². The van der Waals surface area contributed by atoms with Crippen LogP contribution in [0.25, 0.3) is 0 Å². The van der Waals surface area contributed by atoms with Crippen LogP contribution < -0.4 is 0 Å². The molecule has 0 aromatic heterocycles. The molecule has 1 rings (SSSR count). The third kappa shape index (κ3) is 1.90. The van der Waals surface area contributed by atoms with E-state index in [1.54, 1.807) is 0 Å². The molecule has 3 heteroatoms. The molecule has 0 saturated carbocycles. The van der Waals surface area contributed by atoms with Crippen LogP contribution in [0.3, 0.4) is 0 Å². The van der Waals surface area contributed by atoms with Gasteiger partial charge in [-0.1, -0.05) is 19.0 Å². The van der Waals surface area contributed by atoms with E-state index in [-0.39, 0.29) is 0 Å². The lowest BCUT2D eigenvalue weighted by atomic mass is 10.1. The third-order valence-corrected chi connectivity index (χ3v) is 2.90. The molecule has 1 heterocycles. The Morgan fingerprint density at radius 1 is 1.70 bits per heavy atom. The minimum Gasteiger partial charge on any atom is -0.394 e. The van der Waals surface area contributed by atoms with Crippen molar-refractivity contribution in [3.8, 4) is 0 Å². The second kappa shape index (κ2) is 3.28. The Morgan fingerprint density at radius 3 is 2.80 bits per heavy atom. The van der Waals surface area contributed by atoms with Gasteiger partial charge in [-0.25, -0.2) is 0 Å². The summed E-state index contributed by atoms with van der Waals surface area (Å²) in [6.45, 7) is 7.16. The van der Waals surface area contributed by atoms with E-state index in [9.17, 15) is 0 Å². The first-order chi connectivity index (χ1) is 4.70. The maximum absolute atomic E-state index is 5.02. The van der Waals surface area contributed by atoms with E-state index in [1.807, 2.05) is 18.7 Å². The first kappa shape index (κ1) is 7.92. The van der Waals surface area contributed by atoms with Gasteiger partial charge in [0.2, 0.25) is 0 Å². The maximum Gasteiger partial charge on any atom is 0.129 e. The van der Waals surface area contributed by atoms with Crippen molar-refractivity contribution >= 4 is 16.8 Å². The Hall–Kier alpha value is -0.180. The predicted molar refractivity (Wildman–Crippen MR) is 45.3 cm³/mol.